The number of aromatic nitrogens is 2. The van der Waals surface area contributed by atoms with Gasteiger partial charge in [-0.2, -0.15) is 0 Å². The minimum atomic E-state index is -1.81. The lowest BCUT2D eigenvalue weighted by Gasteiger charge is -2.44. The van der Waals surface area contributed by atoms with Crippen LogP contribution in [0.2, 0.25) is 0 Å². The number of nitrogen functional groups attached to an aromatic ring is 2. The second-order valence-corrected chi connectivity index (χ2v) is 7.42. The maximum absolute atomic E-state index is 6.29. The normalized spacial score (nSPS) is 23.9. The number of hydrogen-bond donors (Lipinski definition) is 2. The zero-order chi connectivity index (χ0) is 15.3. The van der Waals surface area contributed by atoms with Crippen LogP contribution >= 0.6 is 70.4 Å². The topological polar surface area (TPSA) is 73.1 Å². The second-order valence-electron chi connectivity index (χ2n) is 4.02. The average molecular weight is 396 g/mol. The second kappa shape index (κ2) is 5.26. The van der Waals surface area contributed by atoms with E-state index in [0.717, 1.165) is 4.42 Å². The van der Waals surface area contributed by atoms with Gasteiger partial charge in [0.25, 0.3) is 0 Å². The Bertz CT molecular complexity index is 628. The molecule has 1 aromatic heterocycles. The quantitative estimate of drug-likeness (QED) is 0.329. The number of allylic oxidation sites excluding steroid dienone is 1. The number of rotatable bonds is 1. The standard InChI is InChI=1S/C9H8Cl5N5S/c10-8(11)4(1-2-18(14)9(8,12)13)19-6(16)3-5(15)17-7(19)20/h1-4H,16H2,(H2,15,17,20). The highest BCUT2D eigenvalue weighted by molar-refractivity contribution is 7.71. The van der Waals surface area contributed by atoms with Crippen molar-refractivity contribution in [3.05, 3.63) is 23.1 Å². The van der Waals surface area contributed by atoms with Gasteiger partial charge < -0.3 is 11.5 Å². The monoisotopic (exact) mass is 393 g/mol. The molecule has 5 nitrogen and oxygen atoms in total. The molecule has 0 saturated carbocycles. The minimum Gasteiger partial charge on any atom is -0.385 e. The maximum atomic E-state index is 6.29. The SMILES string of the molecule is Nc1cc(N)n(C2C=CN(Cl)C(Cl)(Cl)C2(Cl)Cl)c(=S)n1. The number of alkyl halides is 4. The van der Waals surface area contributed by atoms with Crippen molar-refractivity contribution in [2.75, 3.05) is 11.5 Å². The number of nitrogens with zero attached hydrogens (tertiary/aromatic N) is 3. The van der Waals surface area contributed by atoms with E-state index in [0.29, 0.717) is 0 Å². The molecule has 0 fully saturated rings. The van der Waals surface area contributed by atoms with Crippen molar-refractivity contribution in [2.45, 2.75) is 14.8 Å². The van der Waals surface area contributed by atoms with Crippen LogP contribution in [0.4, 0.5) is 11.6 Å². The highest BCUT2D eigenvalue weighted by Crippen LogP contribution is 2.55. The first-order chi connectivity index (χ1) is 9.09. The molecule has 1 atom stereocenters. The summed E-state index contributed by atoms with van der Waals surface area (Å²) in [5, 5.41) is 0. The summed E-state index contributed by atoms with van der Waals surface area (Å²) in [7, 11) is 0. The van der Waals surface area contributed by atoms with E-state index >= 15 is 0 Å². The molecule has 1 aromatic rings. The van der Waals surface area contributed by atoms with Crippen LogP contribution < -0.4 is 11.5 Å². The Balaban J connectivity index is 2.65. The van der Waals surface area contributed by atoms with E-state index in [4.69, 9.17) is 81.9 Å². The van der Waals surface area contributed by atoms with E-state index in [9.17, 15) is 0 Å². The van der Waals surface area contributed by atoms with Crippen molar-refractivity contribution >= 4 is 82.0 Å². The molecular weight excluding hydrogens is 387 g/mol. The van der Waals surface area contributed by atoms with Gasteiger partial charge in [0.05, 0.1) is 6.04 Å². The zero-order valence-electron chi connectivity index (χ0n) is 9.60. The molecule has 110 valence electrons. The van der Waals surface area contributed by atoms with Crippen molar-refractivity contribution in [1.82, 2.24) is 14.0 Å². The predicted octanol–water partition coefficient (Wildman–Crippen LogP) is 3.61. The van der Waals surface area contributed by atoms with Gasteiger partial charge in [0.1, 0.15) is 11.6 Å². The summed E-state index contributed by atoms with van der Waals surface area (Å²) >= 11 is 35.8. The van der Waals surface area contributed by atoms with E-state index < -0.39 is 14.8 Å². The first-order valence-corrected chi connectivity index (χ1v) is 7.38. The van der Waals surface area contributed by atoms with Crippen LogP contribution in [0.1, 0.15) is 6.04 Å². The fourth-order valence-corrected chi connectivity index (χ4v) is 3.22. The maximum Gasteiger partial charge on any atom is 0.239 e. The van der Waals surface area contributed by atoms with Crippen molar-refractivity contribution in [3.63, 3.8) is 0 Å². The van der Waals surface area contributed by atoms with E-state index in [1.165, 1.54) is 16.8 Å². The molecule has 0 radical (unpaired) electrons. The Morgan fingerprint density at radius 3 is 2.40 bits per heavy atom. The summed E-state index contributed by atoms with van der Waals surface area (Å²) in [5.74, 6) is 0.398. The van der Waals surface area contributed by atoms with Gasteiger partial charge in [-0.1, -0.05) is 46.4 Å². The molecule has 4 N–H and O–H groups in total. The molecule has 0 amide bonds. The van der Waals surface area contributed by atoms with Gasteiger partial charge in [-0.05, 0) is 18.3 Å². The van der Waals surface area contributed by atoms with Crippen molar-refractivity contribution in [1.29, 1.82) is 0 Å². The van der Waals surface area contributed by atoms with Crippen LogP contribution in [-0.2, 0) is 0 Å². The van der Waals surface area contributed by atoms with Gasteiger partial charge in [0.2, 0.25) is 9.23 Å². The molecule has 20 heavy (non-hydrogen) atoms. The predicted molar refractivity (Wildman–Crippen MR) is 86.6 cm³/mol. The molecule has 0 spiro atoms. The highest BCUT2D eigenvalue weighted by Gasteiger charge is 2.58. The van der Waals surface area contributed by atoms with Crippen LogP contribution in [-0.4, -0.2) is 22.8 Å². The fourth-order valence-electron chi connectivity index (χ4n) is 1.75. The average Bonchev–Trinajstić information content (AvgIpc) is 2.29. The molecule has 1 unspecified atom stereocenters. The summed E-state index contributed by atoms with van der Waals surface area (Å²) < 4.78 is -1.10. The van der Waals surface area contributed by atoms with Gasteiger partial charge >= 0.3 is 0 Å². The summed E-state index contributed by atoms with van der Waals surface area (Å²) in [6.07, 6.45) is 2.97. The smallest absolute Gasteiger partial charge is 0.239 e. The first-order valence-electron chi connectivity index (χ1n) is 5.12. The largest absolute Gasteiger partial charge is 0.385 e. The zero-order valence-corrected chi connectivity index (χ0v) is 14.2. The fraction of sp³-hybridized carbons (Fsp3) is 0.333. The Morgan fingerprint density at radius 1 is 1.25 bits per heavy atom. The van der Waals surface area contributed by atoms with Crippen LogP contribution in [0, 0.1) is 4.77 Å². The Kier molecular flexibility index (Phi) is 4.28. The third-order valence-corrected chi connectivity index (χ3v) is 5.89. The Hall–Kier alpha value is -0.110. The Morgan fingerprint density at radius 2 is 1.85 bits per heavy atom. The third kappa shape index (κ3) is 2.42. The molecule has 0 bridgehead atoms. The van der Waals surface area contributed by atoms with Crippen molar-refractivity contribution in [2.24, 2.45) is 0 Å². The van der Waals surface area contributed by atoms with Gasteiger partial charge in [-0.25, -0.2) is 4.98 Å². The summed E-state index contributed by atoms with van der Waals surface area (Å²) in [6.45, 7) is 0. The van der Waals surface area contributed by atoms with Crippen LogP contribution in [0.5, 0.6) is 0 Å². The van der Waals surface area contributed by atoms with Crippen molar-refractivity contribution < 1.29 is 0 Å². The van der Waals surface area contributed by atoms with E-state index in [-0.39, 0.29) is 16.4 Å². The van der Waals surface area contributed by atoms with E-state index in [1.807, 2.05) is 0 Å². The Labute approximate surface area is 145 Å². The molecule has 2 rings (SSSR count). The number of hydrogen-bond acceptors (Lipinski definition) is 5. The number of anilines is 2. The van der Waals surface area contributed by atoms with Crippen LogP contribution in [0.15, 0.2) is 18.3 Å². The highest BCUT2D eigenvalue weighted by atomic mass is 35.5. The van der Waals surface area contributed by atoms with Gasteiger partial charge in [0.15, 0.2) is 4.33 Å². The molecule has 1 aliphatic heterocycles. The first kappa shape index (κ1) is 16.3. The summed E-state index contributed by atoms with van der Waals surface area (Å²) in [5.41, 5.74) is 11.5. The van der Waals surface area contributed by atoms with Gasteiger partial charge in [-0.15, -0.1) is 0 Å². The van der Waals surface area contributed by atoms with E-state index in [1.54, 1.807) is 6.08 Å². The molecular formula is C9H8Cl5N5S. The van der Waals surface area contributed by atoms with Crippen molar-refractivity contribution in [3.8, 4) is 0 Å². The molecule has 0 aliphatic carbocycles. The minimum absolute atomic E-state index is 0.0926. The third-order valence-electron chi connectivity index (χ3n) is 2.72. The number of nitrogens with two attached hydrogens (primary N) is 2. The van der Waals surface area contributed by atoms with Gasteiger partial charge in [0, 0.05) is 24.0 Å². The lowest BCUT2D eigenvalue weighted by Crippen LogP contribution is -2.52. The molecule has 2 heterocycles. The summed E-state index contributed by atoms with van der Waals surface area (Å²) in [6, 6.07) is 0.640. The molecule has 0 saturated heterocycles. The van der Waals surface area contributed by atoms with Crippen LogP contribution in [0.3, 0.4) is 0 Å². The summed E-state index contributed by atoms with van der Waals surface area (Å²) in [4.78, 5) is 3.93. The van der Waals surface area contributed by atoms with Gasteiger partial charge in [-0.3, -0.25) is 8.99 Å². The molecule has 0 aromatic carbocycles. The van der Waals surface area contributed by atoms with E-state index in [2.05, 4.69) is 4.98 Å². The van der Waals surface area contributed by atoms with Crippen LogP contribution in [0.25, 0.3) is 0 Å². The lowest BCUT2D eigenvalue weighted by atomic mass is 10.1. The molecule has 11 heteroatoms. The lowest BCUT2D eigenvalue weighted by molar-refractivity contribution is 0.351. The molecule has 1 aliphatic rings. The number of halogens is 5.